The van der Waals surface area contributed by atoms with Crippen molar-refractivity contribution in [3.05, 3.63) is 59.3 Å². The van der Waals surface area contributed by atoms with Crippen LogP contribution in [0.5, 0.6) is 0 Å². The van der Waals surface area contributed by atoms with Gasteiger partial charge in [0.2, 0.25) is 0 Å². The average molecular weight is 219 g/mol. The van der Waals surface area contributed by atoms with E-state index >= 15 is 0 Å². The van der Waals surface area contributed by atoms with Gasteiger partial charge in [0.05, 0.1) is 12.3 Å². The lowest BCUT2D eigenvalue weighted by Gasteiger charge is -2.11. The third kappa shape index (κ3) is 2.31. The highest BCUT2D eigenvalue weighted by molar-refractivity contribution is 5.28. The molecular weight excluding hydrogens is 205 g/mol. The first kappa shape index (κ1) is 10.9. The van der Waals surface area contributed by atoms with Gasteiger partial charge in [-0.25, -0.2) is 4.39 Å². The van der Waals surface area contributed by atoms with E-state index in [-0.39, 0.29) is 11.9 Å². The summed E-state index contributed by atoms with van der Waals surface area (Å²) in [6.45, 7) is 1.88. The smallest absolute Gasteiger partial charge is 0.123 e. The fourth-order valence-electron chi connectivity index (χ4n) is 1.73. The molecule has 2 N–H and O–H groups in total. The predicted octanol–water partition coefficient (Wildman–Crippen LogP) is 2.97. The molecule has 0 spiro atoms. The van der Waals surface area contributed by atoms with Crippen molar-refractivity contribution < 1.29 is 8.81 Å². The van der Waals surface area contributed by atoms with Crippen molar-refractivity contribution in [3.63, 3.8) is 0 Å². The summed E-state index contributed by atoms with van der Waals surface area (Å²) in [4.78, 5) is 0. The summed E-state index contributed by atoms with van der Waals surface area (Å²) in [7, 11) is 0. The maximum Gasteiger partial charge on any atom is 0.123 e. The summed E-state index contributed by atoms with van der Waals surface area (Å²) < 4.78 is 18.1. The third-order valence-corrected chi connectivity index (χ3v) is 2.65. The Hall–Kier alpha value is -1.61. The van der Waals surface area contributed by atoms with Crippen LogP contribution in [0.15, 0.2) is 41.0 Å². The van der Waals surface area contributed by atoms with E-state index < -0.39 is 0 Å². The second kappa shape index (κ2) is 4.49. The number of benzene rings is 1. The van der Waals surface area contributed by atoms with E-state index in [9.17, 15) is 4.39 Å². The number of hydrogen-bond acceptors (Lipinski definition) is 2. The van der Waals surface area contributed by atoms with E-state index in [4.69, 9.17) is 10.2 Å². The molecule has 0 saturated carbocycles. The molecule has 0 aliphatic heterocycles. The van der Waals surface area contributed by atoms with Crippen molar-refractivity contribution in [2.24, 2.45) is 5.73 Å². The molecule has 2 aromatic rings. The lowest BCUT2D eigenvalue weighted by molar-refractivity contribution is 0.464. The Morgan fingerprint density at radius 3 is 2.81 bits per heavy atom. The number of furan rings is 1. The SMILES string of the molecule is Cc1cc(F)ccc1CC(N)c1ccco1. The van der Waals surface area contributed by atoms with Crippen LogP contribution in [-0.4, -0.2) is 0 Å². The topological polar surface area (TPSA) is 39.2 Å². The lowest BCUT2D eigenvalue weighted by Crippen LogP contribution is -2.13. The number of nitrogens with two attached hydrogens (primary N) is 1. The van der Waals surface area contributed by atoms with Gasteiger partial charge in [0.25, 0.3) is 0 Å². The number of rotatable bonds is 3. The van der Waals surface area contributed by atoms with Crippen molar-refractivity contribution in [2.45, 2.75) is 19.4 Å². The van der Waals surface area contributed by atoms with Crippen LogP contribution in [0.2, 0.25) is 0 Å². The monoisotopic (exact) mass is 219 g/mol. The van der Waals surface area contributed by atoms with Gasteiger partial charge >= 0.3 is 0 Å². The molecule has 2 rings (SSSR count). The fourth-order valence-corrected chi connectivity index (χ4v) is 1.73. The summed E-state index contributed by atoms with van der Waals surface area (Å²) in [5.74, 6) is 0.538. The molecule has 0 amide bonds. The average Bonchev–Trinajstić information content (AvgIpc) is 2.75. The van der Waals surface area contributed by atoms with Crippen LogP contribution in [0, 0.1) is 12.7 Å². The first-order chi connectivity index (χ1) is 7.66. The highest BCUT2D eigenvalue weighted by Gasteiger charge is 2.11. The van der Waals surface area contributed by atoms with Crippen molar-refractivity contribution in [1.29, 1.82) is 0 Å². The lowest BCUT2D eigenvalue weighted by atomic mass is 10.0. The molecule has 0 saturated heterocycles. The normalized spacial score (nSPS) is 12.7. The molecule has 1 aromatic heterocycles. The first-order valence-electron chi connectivity index (χ1n) is 5.21. The van der Waals surface area contributed by atoms with Gasteiger partial charge in [-0.1, -0.05) is 6.07 Å². The first-order valence-corrected chi connectivity index (χ1v) is 5.21. The van der Waals surface area contributed by atoms with Gasteiger partial charge in [-0.2, -0.15) is 0 Å². The van der Waals surface area contributed by atoms with Crippen LogP contribution >= 0.6 is 0 Å². The van der Waals surface area contributed by atoms with E-state index in [2.05, 4.69) is 0 Å². The Morgan fingerprint density at radius 2 is 2.19 bits per heavy atom. The van der Waals surface area contributed by atoms with Gasteiger partial charge in [0.15, 0.2) is 0 Å². The molecule has 1 aromatic carbocycles. The van der Waals surface area contributed by atoms with Crippen molar-refractivity contribution in [3.8, 4) is 0 Å². The minimum atomic E-state index is -0.215. The molecule has 16 heavy (non-hydrogen) atoms. The molecule has 2 nitrogen and oxygen atoms in total. The molecule has 0 bridgehead atoms. The van der Waals surface area contributed by atoms with Crippen molar-refractivity contribution in [2.75, 3.05) is 0 Å². The summed E-state index contributed by atoms with van der Waals surface area (Å²) >= 11 is 0. The second-order valence-electron chi connectivity index (χ2n) is 3.90. The van der Waals surface area contributed by atoms with Gasteiger partial charge in [-0.15, -0.1) is 0 Å². The van der Waals surface area contributed by atoms with Crippen molar-refractivity contribution >= 4 is 0 Å². The molecule has 1 atom stereocenters. The molecule has 1 heterocycles. The highest BCUT2D eigenvalue weighted by Crippen LogP contribution is 2.19. The van der Waals surface area contributed by atoms with Gasteiger partial charge < -0.3 is 10.2 Å². The zero-order valence-corrected chi connectivity index (χ0v) is 9.11. The summed E-state index contributed by atoms with van der Waals surface area (Å²) in [6.07, 6.45) is 2.26. The Labute approximate surface area is 93.9 Å². The predicted molar refractivity (Wildman–Crippen MR) is 60.5 cm³/mol. The Bertz CT molecular complexity index is 465. The third-order valence-electron chi connectivity index (χ3n) is 2.65. The zero-order valence-electron chi connectivity index (χ0n) is 9.11. The summed E-state index contributed by atoms with van der Waals surface area (Å²) in [6, 6.07) is 8.23. The van der Waals surface area contributed by atoms with E-state index in [1.807, 2.05) is 19.1 Å². The number of halogens is 1. The second-order valence-corrected chi connectivity index (χ2v) is 3.90. The van der Waals surface area contributed by atoms with Crippen LogP contribution in [0.25, 0.3) is 0 Å². The molecule has 0 aliphatic carbocycles. The Balaban J connectivity index is 2.15. The van der Waals surface area contributed by atoms with Gasteiger partial charge in [0, 0.05) is 0 Å². The van der Waals surface area contributed by atoms with E-state index in [1.54, 1.807) is 12.3 Å². The van der Waals surface area contributed by atoms with Crippen LogP contribution < -0.4 is 5.73 Å². The van der Waals surface area contributed by atoms with E-state index in [1.165, 1.54) is 12.1 Å². The van der Waals surface area contributed by atoms with Gasteiger partial charge in [-0.3, -0.25) is 0 Å². The van der Waals surface area contributed by atoms with E-state index in [0.717, 1.165) is 16.9 Å². The van der Waals surface area contributed by atoms with E-state index in [0.29, 0.717) is 6.42 Å². The Kier molecular flexibility index (Phi) is 3.06. The number of aryl methyl sites for hydroxylation is 1. The molecule has 0 fully saturated rings. The highest BCUT2D eigenvalue weighted by atomic mass is 19.1. The maximum absolute atomic E-state index is 12.9. The fraction of sp³-hybridized carbons (Fsp3) is 0.231. The largest absolute Gasteiger partial charge is 0.468 e. The summed E-state index contributed by atoms with van der Waals surface area (Å²) in [5.41, 5.74) is 7.96. The molecule has 0 radical (unpaired) electrons. The zero-order chi connectivity index (χ0) is 11.5. The molecule has 0 aliphatic rings. The standard InChI is InChI=1S/C13H14FNO/c1-9-7-11(14)5-4-10(9)8-12(15)13-3-2-6-16-13/h2-7,12H,8,15H2,1H3. The molecule has 3 heteroatoms. The summed E-state index contributed by atoms with van der Waals surface area (Å²) in [5, 5.41) is 0. The van der Waals surface area contributed by atoms with Crippen LogP contribution in [0.4, 0.5) is 4.39 Å². The number of hydrogen-bond donors (Lipinski definition) is 1. The Morgan fingerprint density at radius 1 is 1.38 bits per heavy atom. The molecule has 84 valence electrons. The maximum atomic E-state index is 12.9. The quantitative estimate of drug-likeness (QED) is 0.861. The minimum absolute atomic E-state index is 0.181. The van der Waals surface area contributed by atoms with Crippen LogP contribution in [0.1, 0.15) is 22.9 Å². The van der Waals surface area contributed by atoms with Gasteiger partial charge in [0.1, 0.15) is 11.6 Å². The molecular formula is C13H14FNO. The molecule has 1 unspecified atom stereocenters. The van der Waals surface area contributed by atoms with Gasteiger partial charge in [-0.05, 0) is 48.7 Å². The van der Waals surface area contributed by atoms with Crippen LogP contribution in [-0.2, 0) is 6.42 Å². The minimum Gasteiger partial charge on any atom is -0.468 e. The van der Waals surface area contributed by atoms with Crippen LogP contribution in [0.3, 0.4) is 0 Å². The van der Waals surface area contributed by atoms with Crippen molar-refractivity contribution in [1.82, 2.24) is 0 Å².